The molecule has 3 fully saturated rings. The van der Waals surface area contributed by atoms with E-state index in [1.807, 2.05) is 18.2 Å². The van der Waals surface area contributed by atoms with E-state index < -0.39 is 22.7 Å². The van der Waals surface area contributed by atoms with Crippen LogP contribution in [0.4, 0.5) is 0 Å². The van der Waals surface area contributed by atoms with Crippen molar-refractivity contribution in [1.82, 2.24) is 0 Å². The quantitative estimate of drug-likeness (QED) is 0.321. The third-order valence-electron chi connectivity index (χ3n) is 9.75. The van der Waals surface area contributed by atoms with E-state index in [2.05, 4.69) is 12.1 Å². The Kier molecular flexibility index (Phi) is 8.82. The van der Waals surface area contributed by atoms with Crippen LogP contribution in [0.3, 0.4) is 0 Å². The summed E-state index contributed by atoms with van der Waals surface area (Å²) >= 11 is 0. The number of hydrogen-bond acceptors (Lipinski definition) is 7. The van der Waals surface area contributed by atoms with Crippen LogP contribution in [0.25, 0.3) is 0 Å². The SMILES string of the molecule is COc1ccc([C@@H](C#N)[C@]2(C(=O)O)CC[C@@](C#N)(c3ccc(OC)c(OC4CCCC4)c3)CC2)cc1OC1CCCC1. The van der Waals surface area contributed by atoms with Gasteiger partial charge in [0.05, 0.1) is 55.3 Å². The zero-order valence-electron chi connectivity index (χ0n) is 24.6. The van der Waals surface area contributed by atoms with Crippen molar-refractivity contribution in [1.29, 1.82) is 10.5 Å². The van der Waals surface area contributed by atoms with Gasteiger partial charge in [-0.25, -0.2) is 0 Å². The molecule has 3 aliphatic carbocycles. The lowest BCUT2D eigenvalue weighted by Gasteiger charge is -2.43. The van der Waals surface area contributed by atoms with E-state index in [1.165, 1.54) is 0 Å². The fourth-order valence-corrected chi connectivity index (χ4v) is 7.13. The Bertz CT molecular complexity index is 1360. The maximum atomic E-state index is 13.0. The van der Waals surface area contributed by atoms with E-state index in [0.29, 0.717) is 41.4 Å². The number of aliphatic carboxylic acids is 1. The van der Waals surface area contributed by atoms with Crippen LogP contribution in [0.5, 0.6) is 23.0 Å². The molecule has 3 saturated carbocycles. The molecule has 3 aliphatic rings. The molecule has 8 heteroatoms. The third-order valence-corrected chi connectivity index (χ3v) is 9.75. The Morgan fingerprint density at radius 3 is 1.81 bits per heavy atom. The summed E-state index contributed by atoms with van der Waals surface area (Å²) in [7, 11) is 3.17. The Morgan fingerprint density at radius 2 is 1.33 bits per heavy atom. The minimum absolute atomic E-state index is 0.0843. The standard InChI is InChI=1S/C34H40N2O6/c1-39-28-13-11-23(19-30(28)41-25-7-3-4-8-25)27(21-35)34(32(37)38)17-15-33(22-36,16-18-34)24-12-14-29(40-2)31(20-24)42-26-9-5-6-10-26/h11-14,19-20,25-27H,3-10,15-18H2,1-2H3,(H,37,38)/t27-,33-,34+/m1/s1. The Balaban J connectivity index is 1.43. The molecule has 0 aliphatic heterocycles. The van der Waals surface area contributed by atoms with Gasteiger partial charge in [0.2, 0.25) is 0 Å². The Hall–Kier alpha value is -3.91. The molecule has 0 bridgehead atoms. The normalized spacial score (nSPS) is 25.2. The highest BCUT2D eigenvalue weighted by Gasteiger charge is 2.53. The number of hydrogen-bond donors (Lipinski definition) is 1. The first-order valence-corrected chi connectivity index (χ1v) is 15.1. The van der Waals surface area contributed by atoms with Crippen LogP contribution in [0.15, 0.2) is 36.4 Å². The van der Waals surface area contributed by atoms with Gasteiger partial charge in [-0.15, -0.1) is 0 Å². The van der Waals surface area contributed by atoms with Crippen LogP contribution >= 0.6 is 0 Å². The number of carbonyl (C=O) groups is 1. The van der Waals surface area contributed by atoms with Gasteiger partial charge in [-0.2, -0.15) is 10.5 Å². The largest absolute Gasteiger partial charge is 0.493 e. The van der Waals surface area contributed by atoms with Crippen molar-refractivity contribution in [2.75, 3.05) is 14.2 Å². The predicted molar refractivity (Wildman–Crippen MR) is 156 cm³/mol. The number of methoxy groups -OCH3 is 2. The van der Waals surface area contributed by atoms with Gasteiger partial charge in [-0.05, 0) is 112 Å². The molecule has 222 valence electrons. The number of nitriles is 2. The lowest BCUT2D eigenvalue weighted by molar-refractivity contribution is -0.152. The monoisotopic (exact) mass is 572 g/mol. The molecule has 5 rings (SSSR count). The maximum absolute atomic E-state index is 13.0. The van der Waals surface area contributed by atoms with Crippen LogP contribution in [0, 0.1) is 28.1 Å². The van der Waals surface area contributed by atoms with Gasteiger partial charge in [0.1, 0.15) is 0 Å². The molecule has 42 heavy (non-hydrogen) atoms. The number of ether oxygens (including phenoxy) is 4. The molecule has 2 aromatic rings. The number of rotatable bonds is 10. The van der Waals surface area contributed by atoms with Crippen LogP contribution in [-0.2, 0) is 10.2 Å². The van der Waals surface area contributed by atoms with Gasteiger partial charge in [-0.1, -0.05) is 12.1 Å². The highest BCUT2D eigenvalue weighted by Crippen LogP contribution is 2.54. The molecule has 0 unspecified atom stereocenters. The van der Waals surface area contributed by atoms with Crippen LogP contribution in [-0.4, -0.2) is 37.5 Å². The van der Waals surface area contributed by atoms with Gasteiger partial charge in [0.25, 0.3) is 0 Å². The van der Waals surface area contributed by atoms with E-state index in [4.69, 9.17) is 18.9 Å². The highest BCUT2D eigenvalue weighted by atomic mass is 16.5. The topological polar surface area (TPSA) is 122 Å². The lowest BCUT2D eigenvalue weighted by Crippen LogP contribution is -2.44. The maximum Gasteiger partial charge on any atom is 0.311 e. The summed E-state index contributed by atoms with van der Waals surface area (Å²) < 4.78 is 23.6. The van der Waals surface area contributed by atoms with Crippen LogP contribution in [0.1, 0.15) is 94.1 Å². The minimum atomic E-state index is -1.34. The van der Waals surface area contributed by atoms with Crippen molar-refractivity contribution >= 4 is 5.97 Å². The van der Waals surface area contributed by atoms with Crippen molar-refractivity contribution in [3.63, 3.8) is 0 Å². The molecule has 0 radical (unpaired) electrons. The van der Waals surface area contributed by atoms with Gasteiger partial charge < -0.3 is 24.1 Å². The number of carboxylic acid groups (broad SMARTS) is 1. The zero-order valence-corrected chi connectivity index (χ0v) is 24.6. The van der Waals surface area contributed by atoms with E-state index >= 15 is 0 Å². The predicted octanol–water partition coefficient (Wildman–Crippen LogP) is 7.06. The minimum Gasteiger partial charge on any atom is -0.493 e. The first-order valence-electron chi connectivity index (χ1n) is 15.1. The Labute approximate surface area is 248 Å². The van der Waals surface area contributed by atoms with Gasteiger partial charge in [0, 0.05) is 0 Å². The van der Waals surface area contributed by atoms with Crippen molar-refractivity contribution in [3.8, 4) is 35.1 Å². The Morgan fingerprint density at radius 1 is 0.810 bits per heavy atom. The van der Waals surface area contributed by atoms with Crippen molar-refractivity contribution in [3.05, 3.63) is 47.5 Å². The fraction of sp³-hybridized carbons (Fsp3) is 0.559. The molecule has 0 amide bonds. The van der Waals surface area contributed by atoms with Gasteiger partial charge in [0.15, 0.2) is 23.0 Å². The van der Waals surface area contributed by atoms with E-state index in [-0.39, 0.29) is 25.0 Å². The number of carboxylic acids is 1. The summed E-state index contributed by atoms with van der Waals surface area (Å²) in [5.74, 6) is 0.408. The third kappa shape index (κ3) is 5.60. The second kappa shape index (κ2) is 12.5. The summed E-state index contributed by atoms with van der Waals surface area (Å²) in [6.45, 7) is 0. The summed E-state index contributed by atoms with van der Waals surface area (Å²) in [6.07, 6.45) is 9.59. The average molecular weight is 573 g/mol. The molecular weight excluding hydrogens is 532 g/mol. The molecule has 1 atom stereocenters. The van der Waals surface area contributed by atoms with Crippen molar-refractivity contribution < 1.29 is 28.8 Å². The smallest absolute Gasteiger partial charge is 0.311 e. The van der Waals surface area contributed by atoms with E-state index in [9.17, 15) is 20.4 Å². The van der Waals surface area contributed by atoms with E-state index in [0.717, 1.165) is 56.9 Å². The second-order valence-corrected chi connectivity index (χ2v) is 12.0. The molecular formula is C34H40N2O6. The van der Waals surface area contributed by atoms with Crippen LogP contribution in [0.2, 0.25) is 0 Å². The first-order chi connectivity index (χ1) is 20.4. The molecule has 2 aromatic carbocycles. The summed E-state index contributed by atoms with van der Waals surface area (Å²) in [5.41, 5.74) is -0.850. The molecule has 0 spiro atoms. The molecule has 0 saturated heterocycles. The first kappa shape index (κ1) is 29.6. The van der Waals surface area contributed by atoms with Crippen molar-refractivity contribution in [2.24, 2.45) is 5.41 Å². The van der Waals surface area contributed by atoms with Gasteiger partial charge in [-0.3, -0.25) is 4.79 Å². The number of nitrogens with zero attached hydrogens (tertiary/aromatic N) is 2. The summed E-state index contributed by atoms with van der Waals surface area (Å²) in [5, 5.41) is 31.5. The van der Waals surface area contributed by atoms with Crippen LogP contribution < -0.4 is 18.9 Å². The van der Waals surface area contributed by atoms with Crippen molar-refractivity contribution in [2.45, 2.75) is 101 Å². The lowest BCUT2D eigenvalue weighted by atomic mass is 9.57. The fourth-order valence-electron chi connectivity index (χ4n) is 7.13. The summed E-state index contributed by atoms with van der Waals surface area (Å²) in [6, 6.07) is 15.8. The zero-order chi connectivity index (χ0) is 29.7. The molecule has 8 nitrogen and oxygen atoms in total. The highest BCUT2D eigenvalue weighted by molar-refractivity contribution is 5.77. The molecule has 0 aromatic heterocycles. The second-order valence-electron chi connectivity index (χ2n) is 12.0. The number of benzene rings is 2. The van der Waals surface area contributed by atoms with Gasteiger partial charge >= 0.3 is 5.97 Å². The summed E-state index contributed by atoms with van der Waals surface area (Å²) in [4.78, 5) is 13.0. The average Bonchev–Trinajstić information content (AvgIpc) is 3.73. The molecule has 1 N–H and O–H groups in total. The molecule has 0 heterocycles. The van der Waals surface area contributed by atoms with E-state index in [1.54, 1.807) is 32.4 Å².